The van der Waals surface area contributed by atoms with E-state index < -0.39 is 6.09 Å². The van der Waals surface area contributed by atoms with Crippen molar-refractivity contribution >= 4 is 6.09 Å². The van der Waals surface area contributed by atoms with E-state index in [0.29, 0.717) is 0 Å². The summed E-state index contributed by atoms with van der Waals surface area (Å²) in [6, 6.07) is 5.93. The predicted octanol–water partition coefficient (Wildman–Crippen LogP) is 2.39. The van der Waals surface area contributed by atoms with E-state index >= 15 is 0 Å². The highest BCUT2D eigenvalue weighted by atomic mass is 19.1. The van der Waals surface area contributed by atoms with Crippen LogP contribution < -0.4 is 5.32 Å². The van der Waals surface area contributed by atoms with Crippen molar-refractivity contribution in [2.75, 3.05) is 0 Å². The van der Waals surface area contributed by atoms with E-state index in [0.717, 1.165) is 12.0 Å². The second-order valence-corrected chi connectivity index (χ2v) is 3.53. The molecule has 15 heavy (non-hydrogen) atoms. The van der Waals surface area contributed by atoms with Crippen LogP contribution in [0.3, 0.4) is 0 Å². The largest absolute Gasteiger partial charge is 0.444 e. The summed E-state index contributed by atoms with van der Waals surface area (Å²) < 4.78 is 17.8. The molecule has 80 valence electrons. The first-order valence-corrected chi connectivity index (χ1v) is 4.93. The minimum atomic E-state index is -0.406. The molecular formula is C11H12FNO2. The van der Waals surface area contributed by atoms with Crippen LogP contribution in [-0.2, 0) is 4.74 Å². The molecule has 3 nitrogen and oxygen atoms in total. The number of carbonyl (C=O) groups excluding carboxylic acids is 1. The minimum absolute atomic E-state index is 0.164. The van der Waals surface area contributed by atoms with E-state index in [1.165, 1.54) is 12.1 Å². The Kier molecular flexibility index (Phi) is 2.58. The van der Waals surface area contributed by atoms with Gasteiger partial charge in [0.1, 0.15) is 11.9 Å². The SMILES string of the molecule is CCC1OC(=O)NC1c1ccc(F)cc1. The molecule has 0 saturated carbocycles. The van der Waals surface area contributed by atoms with Crippen molar-refractivity contribution in [2.24, 2.45) is 0 Å². The smallest absolute Gasteiger partial charge is 0.408 e. The number of rotatable bonds is 2. The van der Waals surface area contributed by atoms with Gasteiger partial charge in [-0.3, -0.25) is 0 Å². The molecule has 1 aromatic carbocycles. The summed E-state index contributed by atoms with van der Waals surface area (Å²) in [6.45, 7) is 1.95. The Hall–Kier alpha value is -1.58. The van der Waals surface area contributed by atoms with Crippen LogP contribution in [0.2, 0.25) is 0 Å². The molecule has 1 amide bonds. The van der Waals surface area contributed by atoms with Crippen LogP contribution in [0.15, 0.2) is 24.3 Å². The fourth-order valence-electron chi connectivity index (χ4n) is 1.75. The van der Waals surface area contributed by atoms with Gasteiger partial charge in [-0.2, -0.15) is 0 Å². The fraction of sp³-hybridized carbons (Fsp3) is 0.364. The van der Waals surface area contributed by atoms with Crippen molar-refractivity contribution in [1.29, 1.82) is 0 Å². The van der Waals surface area contributed by atoms with Gasteiger partial charge < -0.3 is 10.1 Å². The van der Waals surface area contributed by atoms with Gasteiger partial charge in [0.05, 0.1) is 6.04 Å². The van der Waals surface area contributed by atoms with E-state index in [4.69, 9.17) is 4.74 Å². The van der Waals surface area contributed by atoms with Crippen LogP contribution in [0.5, 0.6) is 0 Å². The van der Waals surface area contributed by atoms with Crippen molar-refractivity contribution in [1.82, 2.24) is 5.32 Å². The van der Waals surface area contributed by atoms with E-state index in [1.54, 1.807) is 12.1 Å². The fourth-order valence-corrected chi connectivity index (χ4v) is 1.75. The molecule has 0 aliphatic carbocycles. The van der Waals surface area contributed by atoms with E-state index in [-0.39, 0.29) is 18.0 Å². The molecule has 0 aromatic heterocycles. The lowest BCUT2D eigenvalue weighted by Crippen LogP contribution is -2.22. The zero-order valence-corrected chi connectivity index (χ0v) is 8.37. The zero-order chi connectivity index (χ0) is 10.8. The minimum Gasteiger partial charge on any atom is -0.444 e. The molecule has 0 radical (unpaired) electrons. The second kappa shape index (κ2) is 3.88. The molecule has 1 aromatic rings. The summed E-state index contributed by atoms with van der Waals surface area (Å²) >= 11 is 0. The molecule has 1 aliphatic heterocycles. The maximum absolute atomic E-state index is 12.7. The Morgan fingerprint density at radius 3 is 2.67 bits per heavy atom. The molecule has 0 spiro atoms. The Labute approximate surface area is 87.2 Å². The first kappa shape index (κ1) is 9.96. The van der Waals surface area contributed by atoms with E-state index in [2.05, 4.69) is 5.32 Å². The number of halogens is 1. The number of cyclic esters (lactones) is 1. The highest BCUT2D eigenvalue weighted by Crippen LogP contribution is 2.26. The number of ether oxygens (including phenoxy) is 1. The topological polar surface area (TPSA) is 38.3 Å². The quantitative estimate of drug-likeness (QED) is 0.812. The molecule has 2 rings (SSSR count). The number of amides is 1. The second-order valence-electron chi connectivity index (χ2n) is 3.53. The molecule has 2 atom stereocenters. The molecule has 1 fully saturated rings. The summed E-state index contributed by atoms with van der Waals surface area (Å²) in [6.07, 6.45) is 0.167. The van der Waals surface area contributed by atoms with Crippen molar-refractivity contribution < 1.29 is 13.9 Å². The Balaban J connectivity index is 2.22. The highest BCUT2D eigenvalue weighted by molar-refractivity contribution is 5.70. The number of hydrogen-bond donors (Lipinski definition) is 1. The van der Waals surface area contributed by atoms with Crippen molar-refractivity contribution in [3.63, 3.8) is 0 Å². The number of nitrogens with one attached hydrogen (secondary N) is 1. The first-order valence-electron chi connectivity index (χ1n) is 4.93. The van der Waals surface area contributed by atoms with Crippen molar-refractivity contribution in [2.45, 2.75) is 25.5 Å². The first-order chi connectivity index (χ1) is 7.20. The third-order valence-corrected chi connectivity index (χ3v) is 2.54. The van der Waals surface area contributed by atoms with E-state index in [1.807, 2.05) is 6.92 Å². The summed E-state index contributed by atoms with van der Waals surface area (Å²) in [5.41, 5.74) is 0.870. The molecule has 1 saturated heterocycles. The van der Waals surface area contributed by atoms with Gasteiger partial charge in [0.15, 0.2) is 0 Å². The van der Waals surface area contributed by atoms with Gasteiger partial charge >= 0.3 is 6.09 Å². The number of carbonyl (C=O) groups is 1. The third kappa shape index (κ3) is 1.93. The summed E-state index contributed by atoms with van der Waals surface area (Å²) in [4.78, 5) is 11.1. The molecule has 4 heteroatoms. The van der Waals surface area contributed by atoms with Crippen LogP contribution in [0.25, 0.3) is 0 Å². The maximum Gasteiger partial charge on any atom is 0.408 e. The molecule has 0 bridgehead atoms. The van der Waals surface area contributed by atoms with Crippen LogP contribution in [0, 0.1) is 5.82 Å². The third-order valence-electron chi connectivity index (χ3n) is 2.54. The molecule has 1 heterocycles. The van der Waals surface area contributed by atoms with Crippen molar-refractivity contribution in [3.05, 3.63) is 35.6 Å². The van der Waals surface area contributed by atoms with Gasteiger partial charge in [0, 0.05) is 0 Å². The van der Waals surface area contributed by atoms with Crippen LogP contribution in [-0.4, -0.2) is 12.2 Å². The Morgan fingerprint density at radius 2 is 2.07 bits per heavy atom. The summed E-state index contributed by atoms with van der Waals surface area (Å²) in [5, 5.41) is 2.71. The monoisotopic (exact) mass is 209 g/mol. The lowest BCUT2D eigenvalue weighted by Gasteiger charge is -2.15. The van der Waals surface area contributed by atoms with Crippen LogP contribution in [0.4, 0.5) is 9.18 Å². The Bertz CT molecular complexity index is 363. The van der Waals surface area contributed by atoms with Gasteiger partial charge in [-0.15, -0.1) is 0 Å². The highest BCUT2D eigenvalue weighted by Gasteiger charge is 2.33. The summed E-state index contributed by atoms with van der Waals surface area (Å²) in [7, 11) is 0. The maximum atomic E-state index is 12.7. The van der Waals surface area contributed by atoms with Gasteiger partial charge in [-0.1, -0.05) is 19.1 Å². The normalized spacial score (nSPS) is 24.8. The molecule has 1 N–H and O–H groups in total. The molecule has 1 aliphatic rings. The van der Waals surface area contributed by atoms with Gasteiger partial charge in [0.2, 0.25) is 0 Å². The zero-order valence-electron chi connectivity index (χ0n) is 8.37. The average molecular weight is 209 g/mol. The lowest BCUT2D eigenvalue weighted by atomic mass is 10.0. The van der Waals surface area contributed by atoms with Crippen LogP contribution in [0.1, 0.15) is 24.9 Å². The van der Waals surface area contributed by atoms with Crippen molar-refractivity contribution in [3.8, 4) is 0 Å². The lowest BCUT2D eigenvalue weighted by molar-refractivity contribution is 0.129. The molecular weight excluding hydrogens is 197 g/mol. The van der Waals surface area contributed by atoms with Gasteiger partial charge in [0.25, 0.3) is 0 Å². The predicted molar refractivity (Wildman–Crippen MR) is 52.8 cm³/mol. The van der Waals surface area contributed by atoms with Gasteiger partial charge in [-0.05, 0) is 24.1 Å². The average Bonchev–Trinajstić information content (AvgIpc) is 2.61. The van der Waals surface area contributed by atoms with E-state index in [9.17, 15) is 9.18 Å². The summed E-state index contributed by atoms with van der Waals surface area (Å²) in [5.74, 6) is -0.281. The van der Waals surface area contributed by atoms with Gasteiger partial charge in [-0.25, -0.2) is 9.18 Å². The van der Waals surface area contributed by atoms with Crippen LogP contribution >= 0.6 is 0 Å². The standard InChI is InChI=1S/C11H12FNO2/c1-2-9-10(13-11(14)15-9)7-3-5-8(12)6-4-7/h3-6,9-10H,2H2,1H3,(H,13,14). The number of benzene rings is 1. The Morgan fingerprint density at radius 1 is 1.40 bits per heavy atom. The molecule has 2 unspecified atom stereocenters. The number of alkyl carbamates (subject to hydrolysis) is 1. The number of hydrogen-bond acceptors (Lipinski definition) is 2.